The van der Waals surface area contributed by atoms with E-state index in [0.29, 0.717) is 44.0 Å². The Balaban J connectivity index is 1.17. The van der Waals surface area contributed by atoms with Crippen LogP contribution in [0.3, 0.4) is 0 Å². The van der Waals surface area contributed by atoms with Gasteiger partial charge in [-0.3, -0.25) is 14.5 Å². The summed E-state index contributed by atoms with van der Waals surface area (Å²) >= 11 is 7.16. The first-order valence-corrected chi connectivity index (χ1v) is 18.6. The number of carbonyl (C=O) groups excluding carboxylic acids is 2. The van der Waals surface area contributed by atoms with Crippen LogP contribution in [-0.4, -0.2) is 118 Å². The number of likely N-dealkylation sites (tertiary alicyclic amines) is 3. The van der Waals surface area contributed by atoms with Crippen LogP contribution in [0.25, 0.3) is 10.1 Å². The van der Waals surface area contributed by atoms with Crippen molar-refractivity contribution < 1.29 is 26.4 Å². The highest BCUT2D eigenvalue weighted by molar-refractivity contribution is 7.91. The van der Waals surface area contributed by atoms with Crippen molar-refractivity contribution in [3.05, 3.63) is 29.3 Å². The number of benzene rings is 1. The van der Waals surface area contributed by atoms with Gasteiger partial charge in [-0.05, 0) is 75.2 Å². The molecular weight excluding hydrogens is 622 g/mol. The van der Waals surface area contributed by atoms with Crippen molar-refractivity contribution in [3.63, 3.8) is 0 Å². The number of likely N-dealkylation sites (N-methyl/N-ethyl adjacent to an activating group) is 1. The van der Waals surface area contributed by atoms with Gasteiger partial charge in [0.25, 0.3) is 10.0 Å². The standard InChI is InChI=1S/C27H38ClN5O6S3/c1-3-41(36,37)30(2)21-10-13-31(16-21)17-22-6-4-12-33(22)25(34)18-32-11-5-7-23(27(32)35)29-42(38,39)26-15-19-14-20(28)8-9-24(19)40-26/h8-9,14-15,21-23,29H,3-7,10-13,16-18H2,1-2H3. The first-order chi connectivity index (χ1) is 19.9. The van der Waals surface area contributed by atoms with Gasteiger partial charge in [0.15, 0.2) is 0 Å². The number of hydrogen-bond acceptors (Lipinski definition) is 8. The van der Waals surface area contributed by atoms with Gasteiger partial charge in [-0.25, -0.2) is 21.1 Å². The van der Waals surface area contributed by atoms with Crippen LogP contribution in [-0.2, 0) is 29.6 Å². The summed E-state index contributed by atoms with van der Waals surface area (Å²) in [5, 5.41) is 1.23. The molecule has 232 valence electrons. The average molecular weight is 660 g/mol. The van der Waals surface area contributed by atoms with Gasteiger partial charge >= 0.3 is 0 Å². The largest absolute Gasteiger partial charge is 0.337 e. The van der Waals surface area contributed by atoms with E-state index in [0.717, 1.165) is 47.2 Å². The zero-order chi connectivity index (χ0) is 30.2. The molecule has 3 aliphatic rings. The zero-order valence-corrected chi connectivity index (χ0v) is 27.1. The molecule has 3 unspecified atom stereocenters. The number of nitrogens with zero attached hydrogens (tertiary/aromatic N) is 4. The van der Waals surface area contributed by atoms with Gasteiger partial charge < -0.3 is 9.80 Å². The van der Waals surface area contributed by atoms with Crippen molar-refractivity contribution in [2.75, 3.05) is 52.1 Å². The van der Waals surface area contributed by atoms with E-state index < -0.39 is 26.1 Å². The van der Waals surface area contributed by atoms with E-state index in [1.807, 2.05) is 4.90 Å². The Morgan fingerprint density at radius 1 is 1.10 bits per heavy atom. The molecule has 3 fully saturated rings. The number of hydrogen-bond donors (Lipinski definition) is 1. The molecule has 1 aromatic carbocycles. The maximum Gasteiger partial charge on any atom is 0.250 e. The molecule has 42 heavy (non-hydrogen) atoms. The predicted octanol–water partition coefficient (Wildman–Crippen LogP) is 2.17. The Kier molecular flexibility index (Phi) is 9.53. The van der Waals surface area contributed by atoms with Crippen molar-refractivity contribution in [1.82, 2.24) is 23.7 Å². The Morgan fingerprint density at radius 2 is 1.86 bits per heavy atom. The van der Waals surface area contributed by atoms with Gasteiger partial charge in [0.05, 0.1) is 12.3 Å². The molecule has 0 saturated carbocycles. The third-order valence-electron chi connectivity index (χ3n) is 8.61. The number of sulfonamides is 2. The van der Waals surface area contributed by atoms with Crippen LogP contribution in [0.5, 0.6) is 0 Å². The van der Waals surface area contributed by atoms with Gasteiger partial charge in [0, 0.05) is 55.0 Å². The predicted molar refractivity (Wildman–Crippen MR) is 164 cm³/mol. The van der Waals surface area contributed by atoms with Gasteiger partial charge in [-0.2, -0.15) is 4.72 Å². The third-order valence-corrected chi connectivity index (χ3v) is 13.8. The minimum absolute atomic E-state index is 0.00000457. The van der Waals surface area contributed by atoms with E-state index in [1.165, 1.54) is 9.21 Å². The molecule has 1 aromatic heterocycles. The van der Waals surface area contributed by atoms with Gasteiger partial charge in [-0.1, -0.05) is 11.6 Å². The second-order valence-corrected chi connectivity index (χ2v) is 17.1. The summed E-state index contributed by atoms with van der Waals surface area (Å²) in [7, 11) is -5.56. The highest BCUT2D eigenvalue weighted by atomic mass is 35.5. The fourth-order valence-corrected chi connectivity index (χ4v) is 10.0. The maximum atomic E-state index is 13.4. The van der Waals surface area contributed by atoms with Crippen molar-refractivity contribution in [2.24, 2.45) is 0 Å². The van der Waals surface area contributed by atoms with Crippen molar-refractivity contribution in [1.29, 1.82) is 0 Å². The van der Waals surface area contributed by atoms with E-state index in [9.17, 15) is 26.4 Å². The Labute approximate surface area is 256 Å². The van der Waals surface area contributed by atoms with Crippen LogP contribution in [0, 0.1) is 0 Å². The first-order valence-electron chi connectivity index (χ1n) is 14.4. The number of fused-ring (bicyclic) bond motifs is 1. The average Bonchev–Trinajstić information content (AvgIpc) is 3.70. The van der Waals surface area contributed by atoms with Crippen molar-refractivity contribution in [3.8, 4) is 0 Å². The minimum atomic E-state index is -3.94. The molecule has 4 heterocycles. The zero-order valence-electron chi connectivity index (χ0n) is 23.9. The summed E-state index contributed by atoms with van der Waals surface area (Å²) in [6.07, 6.45) is 3.43. The molecule has 3 atom stereocenters. The van der Waals surface area contributed by atoms with E-state index in [2.05, 4.69) is 9.62 Å². The monoisotopic (exact) mass is 659 g/mol. The lowest BCUT2D eigenvalue weighted by molar-refractivity contribution is -0.143. The van der Waals surface area contributed by atoms with Crippen LogP contribution < -0.4 is 4.72 Å². The molecule has 3 saturated heterocycles. The fourth-order valence-electron chi connectivity index (χ4n) is 6.19. The molecular formula is C27H38ClN5O6S3. The summed E-state index contributed by atoms with van der Waals surface area (Å²) < 4.78 is 55.9. The summed E-state index contributed by atoms with van der Waals surface area (Å²) in [5.74, 6) is -0.458. The van der Waals surface area contributed by atoms with E-state index in [1.54, 1.807) is 38.2 Å². The molecule has 5 rings (SSSR count). The summed E-state index contributed by atoms with van der Waals surface area (Å²) in [5.41, 5.74) is 0. The summed E-state index contributed by atoms with van der Waals surface area (Å²) in [6, 6.07) is 5.72. The van der Waals surface area contributed by atoms with Crippen LogP contribution in [0.4, 0.5) is 0 Å². The van der Waals surface area contributed by atoms with Crippen molar-refractivity contribution >= 4 is 64.9 Å². The molecule has 2 amide bonds. The second kappa shape index (κ2) is 12.7. The lowest BCUT2D eigenvalue weighted by atomic mass is 10.1. The highest BCUT2D eigenvalue weighted by Crippen LogP contribution is 2.31. The number of nitrogens with one attached hydrogen (secondary N) is 1. The Morgan fingerprint density at radius 3 is 2.62 bits per heavy atom. The fraction of sp³-hybridized carbons (Fsp3) is 0.630. The molecule has 3 aliphatic heterocycles. The van der Waals surface area contributed by atoms with E-state index in [-0.39, 0.29) is 40.4 Å². The molecule has 1 N–H and O–H groups in total. The summed E-state index contributed by atoms with van der Waals surface area (Å²) in [6.45, 7) is 4.63. The second-order valence-electron chi connectivity index (χ2n) is 11.3. The van der Waals surface area contributed by atoms with E-state index in [4.69, 9.17) is 11.6 Å². The topological polar surface area (TPSA) is 127 Å². The number of rotatable bonds is 10. The lowest BCUT2D eigenvalue weighted by Gasteiger charge is -2.35. The number of halogens is 1. The normalized spacial score (nSPS) is 24.4. The van der Waals surface area contributed by atoms with Gasteiger partial charge in [0.2, 0.25) is 21.8 Å². The molecule has 11 nitrogen and oxygen atoms in total. The number of thiophene rings is 1. The Bertz CT molecular complexity index is 1550. The molecule has 2 aromatic rings. The molecule has 0 aliphatic carbocycles. The lowest BCUT2D eigenvalue weighted by Crippen LogP contribution is -2.55. The number of piperidine rings is 1. The molecule has 0 radical (unpaired) electrons. The summed E-state index contributed by atoms with van der Waals surface area (Å²) in [4.78, 5) is 32.3. The maximum absolute atomic E-state index is 13.4. The SMILES string of the molecule is CCS(=O)(=O)N(C)C1CCN(CC2CCCN2C(=O)CN2CCCC(NS(=O)(=O)c3cc4cc(Cl)ccc4s3)C2=O)C1. The third kappa shape index (κ3) is 6.79. The first kappa shape index (κ1) is 31.6. The van der Waals surface area contributed by atoms with Crippen LogP contribution in [0.2, 0.25) is 5.02 Å². The van der Waals surface area contributed by atoms with Crippen LogP contribution in [0.15, 0.2) is 28.5 Å². The highest BCUT2D eigenvalue weighted by Gasteiger charge is 2.38. The van der Waals surface area contributed by atoms with E-state index >= 15 is 0 Å². The molecule has 0 spiro atoms. The van der Waals surface area contributed by atoms with Gasteiger partial charge in [-0.15, -0.1) is 11.3 Å². The van der Waals surface area contributed by atoms with Gasteiger partial charge in [0.1, 0.15) is 10.3 Å². The number of carbonyl (C=O) groups is 2. The number of amides is 2. The molecule has 0 bridgehead atoms. The molecule has 15 heteroatoms. The smallest absolute Gasteiger partial charge is 0.250 e. The van der Waals surface area contributed by atoms with Crippen molar-refractivity contribution in [2.45, 2.75) is 61.4 Å². The van der Waals surface area contributed by atoms with Crippen LogP contribution in [0.1, 0.15) is 39.0 Å². The minimum Gasteiger partial charge on any atom is -0.337 e. The van der Waals surface area contributed by atoms with Crippen LogP contribution >= 0.6 is 22.9 Å². The Hall–Kier alpha value is -1.81. The quantitative estimate of drug-likeness (QED) is 0.414.